The first-order chi connectivity index (χ1) is 16.5. The summed E-state index contributed by atoms with van der Waals surface area (Å²) in [5, 5.41) is 1.00. The molecule has 3 aromatic carbocycles. The van der Waals surface area contributed by atoms with E-state index in [1.807, 2.05) is 30.3 Å². The Morgan fingerprint density at radius 3 is 2.35 bits per heavy atom. The van der Waals surface area contributed by atoms with Crippen LogP contribution in [0.1, 0.15) is 18.1 Å². The summed E-state index contributed by atoms with van der Waals surface area (Å²) in [4.78, 5) is 32.7. The molecule has 0 aliphatic heterocycles. The number of aryl methyl sites for hydroxylation is 1. The Labute approximate surface area is 203 Å². The van der Waals surface area contributed by atoms with Crippen LogP contribution in [0.15, 0.2) is 82.7 Å². The molecule has 6 nitrogen and oxygen atoms in total. The van der Waals surface area contributed by atoms with Gasteiger partial charge in [0.25, 0.3) is 5.56 Å². The number of carbonyl (C=O) groups excluding carboxylic acids is 1. The van der Waals surface area contributed by atoms with Crippen molar-refractivity contribution in [1.82, 2.24) is 14.5 Å². The van der Waals surface area contributed by atoms with E-state index in [0.29, 0.717) is 34.0 Å². The summed E-state index contributed by atoms with van der Waals surface area (Å²) >= 11 is 1.26. The van der Waals surface area contributed by atoms with Gasteiger partial charge < -0.3 is 9.64 Å². The van der Waals surface area contributed by atoms with Gasteiger partial charge >= 0.3 is 0 Å². The average molecular weight is 474 g/mol. The molecule has 0 N–H and O–H groups in total. The van der Waals surface area contributed by atoms with E-state index in [4.69, 9.17) is 9.72 Å². The molecule has 0 atom stereocenters. The molecule has 34 heavy (non-hydrogen) atoms. The maximum Gasteiger partial charge on any atom is 0.266 e. The number of rotatable bonds is 8. The van der Waals surface area contributed by atoms with E-state index >= 15 is 0 Å². The summed E-state index contributed by atoms with van der Waals surface area (Å²) in [7, 11) is 3.39. The van der Waals surface area contributed by atoms with Gasteiger partial charge in [0.15, 0.2) is 5.16 Å². The van der Waals surface area contributed by atoms with Gasteiger partial charge in [0.05, 0.1) is 29.5 Å². The molecule has 0 saturated heterocycles. The van der Waals surface area contributed by atoms with Crippen molar-refractivity contribution < 1.29 is 9.53 Å². The Bertz CT molecular complexity index is 1350. The number of para-hydroxylation sites is 1. The highest BCUT2D eigenvalue weighted by atomic mass is 32.2. The van der Waals surface area contributed by atoms with Crippen LogP contribution in [-0.2, 0) is 17.8 Å². The zero-order valence-electron chi connectivity index (χ0n) is 19.5. The number of hydrogen-bond acceptors (Lipinski definition) is 5. The average Bonchev–Trinajstić information content (AvgIpc) is 2.88. The second-order valence-electron chi connectivity index (χ2n) is 7.96. The van der Waals surface area contributed by atoms with Gasteiger partial charge in [0, 0.05) is 13.6 Å². The minimum Gasteiger partial charge on any atom is -0.497 e. The Morgan fingerprint density at radius 2 is 1.68 bits per heavy atom. The zero-order chi connectivity index (χ0) is 24.1. The lowest BCUT2D eigenvalue weighted by atomic mass is 10.1. The Morgan fingerprint density at radius 1 is 1.00 bits per heavy atom. The van der Waals surface area contributed by atoms with Crippen molar-refractivity contribution in [1.29, 1.82) is 0 Å². The van der Waals surface area contributed by atoms with Crippen LogP contribution in [-0.4, -0.2) is 40.3 Å². The van der Waals surface area contributed by atoms with Crippen LogP contribution in [0.25, 0.3) is 16.6 Å². The molecule has 0 radical (unpaired) electrons. The van der Waals surface area contributed by atoms with Gasteiger partial charge in [-0.25, -0.2) is 4.98 Å². The Kier molecular flexibility index (Phi) is 7.33. The highest BCUT2D eigenvalue weighted by Crippen LogP contribution is 2.23. The third-order valence-electron chi connectivity index (χ3n) is 5.68. The van der Waals surface area contributed by atoms with Gasteiger partial charge in [-0.1, -0.05) is 55.1 Å². The number of methoxy groups -OCH3 is 1. The third kappa shape index (κ3) is 5.15. The SMILES string of the molecule is CCc1ccc(CN(C)C(=O)CSc2nc3ccccc3c(=O)n2-c2ccc(OC)cc2)cc1. The van der Waals surface area contributed by atoms with E-state index in [1.54, 1.807) is 41.8 Å². The fourth-order valence-corrected chi connectivity index (χ4v) is 4.60. The van der Waals surface area contributed by atoms with Crippen LogP contribution >= 0.6 is 11.8 Å². The van der Waals surface area contributed by atoms with Gasteiger partial charge in [-0.3, -0.25) is 14.2 Å². The van der Waals surface area contributed by atoms with Gasteiger partial charge in [0.2, 0.25) is 5.91 Å². The number of thioether (sulfide) groups is 1. The van der Waals surface area contributed by atoms with E-state index in [0.717, 1.165) is 12.0 Å². The normalized spacial score (nSPS) is 10.9. The number of benzene rings is 3. The third-order valence-corrected chi connectivity index (χ3v) is 6.60. The topological polar surface area (TPSA) is 64.4 Å². The monoisotopic (exact) mass is 473 g/mol. The maximum absolute atomic E-state index is 13.4. The molecule has 1 aromatic heterocycles. The van der Waals surface area contributed by atoms with Crippen molar-refractivity contribution >= 4 is 28.6 Å². The molecular weight excluding hydrogens is 446 g/mol. The van der Waals surface area contributed by atoms with Gasteiger partial charge in [-0.2, -0.15) is 0 Å². The van der Waals surface area contributed by atoms with Crippen LogP contribution in [0.4, 0.5) is 0 Å². The lowest BCUT2D eigenvalue weighted by Crippen LogP contribution is -2.28. The van der Waals surface area contributed by atoms with Crippen LogP contribution < -0.4 is 10.3 Å². The number of carbonyl (C=O) groups is 1. The quantitative estimate of drug-likeness (QED) is 0.274. The summed E-state index contributed by atoms with van der Waals surface area (Å²) in [6.07, 6.45) is 0.986. The fourth-order valence-electron chi connectivity index (χ4n) is 3.65. The van der Waals surface area contributed by atoms with Crippen molar-refractivity contribution in [3.05, 3.63) is 94.3 Å². The lowest BCUT2D eigenvalue weighted by molar-refractivity contribution is -0.127. The second-order valence-corrected chi connectivity index (χ2v) is 8.90. The summed E-state index contributed by atoms with van der Waals surface area (Å²) in [5.74, 6) is 0.835. The summed E-state index contributed by atoms with van der Waals surface area (Å²) in [6.45, 7) is 2.65. The molecule has 0 unspecified atom stereocenters. The first-order valence-electron chi connectivity index (χ1n) is 11.1. The van der Waals surface area contributed by atoms with Gasteiger partial charge in [-0.15, -0.1) is 0 Å². The standard InChI is InChI=1S/C27H27N3O3S/c1-4-19-9-11-20(12-10-19)17-29(2)25(31)18-34-27-28-24-8-6-5-7-23(24)26(32)30(27)21-13-15-22(33-3)16-14-21/h5-16H,4,17-18H2,1-3H3. The highest BCUT2D eigenvalue weighted by molar-refractivity contribution is 7.99. The number of ether oxygens (including phenoxy) is 1. The molecular formula is C27H27N3O3S. The van der Waals surface area contributed by atoms with E-state index < -0.39 is 0 Å². The maximum atomic E-state index is 13.4. The van der Waals surface area contributed by atoms with E-state index in [2.05, 4.69) is 31.2 Å². The predicted octanol–water partition coefficient (Wildman–Crippen LogP) is 4.71. The summed E-state index contributed by atoms with van der Waals surface area (Å²) < 4.78 is 6.80. The summed E-state index contributed by atoms with van der Waals surface area (Å²) in [5.41, 5.74) is 3.46. The molecule has 0 fully saturated rings. The molecule has 4 rings (SSSR count). The minimum atomic E-state index is -0.171. The Hall–Kier alpha value is -3.58. The van der Waals surface area contributed by atoms with Crippen molar-refractivity contribution in [3.63, 3.8) is 0 Å². The molecule has 7 heteroatoms. The van der Waals surface area contributed by atoms with Crippen molar-refractivity contribution in [2.24, 2.45) is 0 Å². The molecule has 174 valence electrons. The second kappa shape index (κ2) is 10.6. The molecule has 1 amide bonds. The molecule has 4 aromatic rings. The summed E-state index contributed by atoms with van der Waals surface area (Å²) in [6, 6.07) is 22.8. The van der Waals surface area contributed by atoms with Crippen LogP contribution in [0.3, 0.4) is 0 Å². The van der Waals surface area contributed by atoms with E-state index in [1.165, 1.54) is 17.3 Å². The van der Waals surface area contributed by atoms with Crippen molar-refractivity contribution in [3.8, 4) is 11.4 Å². The smallest absolute Gasteiger partial charge is 0.266 e. The minimum absolute atomic E-state index is 0.0340. The van der Waals surface area contributed by atoms with Crippen LogP contribution in [0, 0.1) is 0 Å². The predicted molar refractivity (Wildman–Crippen MR) is 137 cm³/mol. The zero-order valence-corrected chi connectivity index (χ0v) is 20.3. The largest absolute Gasteiger partial charge is 0.497 e. The molecule has 0 aliphatic carbocycles. The molecule has 0 aliphatic rings. The Balaban J connectivity index is 1.58. The van der Waals surface area contributed by atoms with Gasteiger partial charge in [0.1, 0.15) is 5.75 Å². The number of amides is 1. The lowest BCUT2D eigenvalue weighted by Gasteiger charge is -2.18. The highest BCUT2D eigenvalue weighted by Gasteiger charge is 2.16. The first-order valence-corrected chi connectivity index (χ1v) is 12.1. The van der Waals surface area contributed by atoms with Gasteiger partial charge in [-0.05, 0) is 53.9 Å². The van der Waals surface area contributed by atoms with Crippen molar-refractivity contribution in [2.45, 2.75) is 25.0 Å². The molecule has 0 bridgehead atoms. The molecule has 0 saturated carbocycles. The fraction of sp³-hybridized carbons (Fsp3) is 0.222. The van der Waals surface area contributed by atoms with Crippen LogP contribution in [0.5, 0.6) is 5.75 Å². The first kappa shape index (κ1) is 23.6. The van der Waals surface area contributed by atoms with Crippen molar-refractivity contribution in [2.75, 3.05) is 19.9 Å². The van der Waals surface area contributed by atoms with E-state index in [9.17, 15) is 9.59 Å². The molecule has 0 spiro atoms. The van der Waals surface area contributed by atoms with E-state index in [-0.39, 0.29) is 17.2 Å². The number of fused-ring (bicyclic) bond motifs is 1. The van der Waals surface area contributed by atoms with Crippen LogP contribution in [0.2, 0.25) is 0 Å². The number of hydrogen-bond donors (Lipinski definition) is 0. The number of aromatic nitrogens is 2. The molecule has 1 heterocycles. The number of nitrogens with zero attached hydrogens (tertiary/aromatic N) is 3.